The summed E-state index contributed by atoms with van der Waals surface area (Å²) in [6.07, 6.45) is 1.05. The maximum absolute atomic E-state index is 12.2. The molecule has 152 valence electrons. The third kappa shape index (κ3) is 6.92. The Bertz CT molecular complexity index is 892. The predicted molar refractivity (Wildman–Crippen MR) is 116 cm³/mol. The number of rotatable bonds is 10. The summed E-state index contributed by atoms with van der Waals surface area (Å²) < 4.78 is 30.4. The maximum Gasteiger partial charge on any atom is 0.240 e. The number of sulfonamides is 1. The minimum absolute atomic E-state index is 0.270. The SMILES string of the molecule is COc1ccc(N(CC(=O)NCCSCc2ccccc2)S(C)(=O)=O)cc1Cl. The molecule has 6 nitrogen and oxygen atoms in total. The van der Waals surface area contributed by atoms with Crippen LogP contribution in [0.5, 0.6) is 5.75 Å². The Labute approximate surface area is 175 Å². The predicted octanol–water partition coefficient (Wildman–Crippen LogP) is 3.16. The van der Waals surface area contributed by atoms with Crippen molar-refractivity contribution in [3.05, 3.63) is 59.1 Å². The summed E-state index contributed by atoms with van der Waals surface area (Å²) in [6, 6.07) is 14.6. The van der Waals surface area contributed by atoms with Crippen molar-refractivity contribution in [2.24, 2.45) is 0 Å². The van der Waals surface area contributed by atoms with Crippen LogP contribution in [0.2, 0.25) is 5.02 Å². The van der Waals surface area contributed by atoms with Crippen LogP contribution < -0.4 is 14.4 Å². The fourth-order valence-electron chi connectivity index (χ4n) is 2.42. The Morgan fingerprint density at radius 2 is 1.93 bits per heavy atom. The summed E-state index contributed by atoms with van der Waals surface area (Å²) in [5, 5.41) is 3.02. The standard InChI is InChI=1S/C19H23ClN2O4S2/c1-26-18-9-8-16(12-17(18)20)22(28(2,24)25)13-19(23)21-10-11-27-14-15-6-4-3-5-7-15/h3-9,12H,10-11,13-14H2,1-2H3,(H,21,23). The first-order chi connectivity index (χ1) is 13.3. The Morgan fingerprint density at radius 1 is 1.21 bits per heavy atom. The molecular weight excluding hydrogens is 420 g/mol. The van der Waals surface area contributed by atoms with E-state index < -0.39 is 10.0 Å². The topological polar surface area (TPSA) is 75.7 Å². The van der Waals surface area contributed by atoms with Crippen molar-refractivity contribution in [2.45, 2.75) is 5.75 Å². The number of carbonyl (C=O) groups is 1. The highest BCUT2D eigenvalue weighted by Crippen LogP contribution is 2.30. The molecule has 0 saturated heterocycles. The number of anilines is 1. The van der Waals surface area contributed by atoms with E-state index in [4.69, 9.17) is 16.3 Å². The van der Waals surface area contributed by atoms with E-state index >= 15 is 0 Å². The smallest absolute Gasteiger partial charge is 0.240 e. The van der Waals surface area contributed by atoms with E-state index in [0.717, 1.165) is 22.1 Å². The molecular formula is C19H23ClN2O4S2. The molecule has 0 fully saturated rings. The van der Waals surface area contributed by atoms with Crippen LogP contribution in [-0.4, -0.2) is 46.5 Å². The molecule has 0 radical (unpaired) electrons. The molecule has 9 heteroatoms. The lowest BCUT2D eigenvalue weighted by atomic mass is 10.2. The molecule has 0 aromatic heterocycles. The Balaban J connectivity index is 1.88. The molecule has 0 aliphatic rings. The van der Waals surface area contributed by atoms with Crippen LogP contribution >= 0.6 is 23.4 Å². The number of amides is 1. The van der Waals surface area contributed by atoms with Crippen molar-refractivity contribution < 1.29 is 17.9 Å². The molecule has 28 heavy (non-hydrogen) atoms. The number of halogens is 1. The molecule has 0 aliphatic carbocycles. The van der Waals surface area contributed by atoms with Crippen molar-refractivity contribution in [1.29, 1.82) is 0 Å². The van der Waals surface area contributed by atoms with Crippen LogP contribution in [0, 0.1) is 0 Å². The van der Waals surface area contributed by atoms with Gasteiger partial charge in [0, 0.05) is 18.1 Å². The number of nitrogens with one attached hydrogen (secondary N) is 1. The molecule has 0 heterocycles. The number of nitrogens with zero attached hydrogens (tertiary/aromatic N) is 1. The summed E-state index contributed by atoms with van der Waals surface area (Å²) in [5.74, 6) is 1.64. The zero-order chi connectivity index (χ0) is 20.6. The Morgan fingerprint density at radius 3 is 2.54 bits per heavy atom. The van der Waals surface area contributed by atoms with E-state index in [0.29, 0.717) is 18.0 Å². The molecule has 0 bridgehead atoms. The third-order valence-corrected chi connectivity index (χ3v) is 6.26. The Kier molecular flexibility index (Phi) is 8.47. The fourth-order valence-corrected chi connectivity index (χ4v) is 4.34. The summed E-state index contributed by atoms with van der Waals surface area (Å²) in [7, 11) is -2.18. The molecule has 2 aromatic carbocycles. The lowest BCUT2D eigenvalue weighted by Gasteiger charge is -2.22. The molecule has 0 spiro atoms. The molecule has 0 saturated carbocycles. The minimum atomic E-state index is -3.65. The molecule has 2 aromatic rings. The molecule has 2 rings (SSSR count). The molecule has 0 aliphatic heterocycles. The van der Waals surface area contributed by atoms with E-state index in [1.165, 1.54) is 18.7 Å². The number of benzene rings is 2. The average molecular weight is 443 g/mol. The second-order valence-corrected chi connectivity index (χ2v) is 9.40. The fraction of sp³-hybridized carbons (Fsp3) is 0.316. The quantitative estimate of drug-likeness (QED) is 0.572. The van der Waals surface area contributed by atoms with Gasteiger partial charge in [-0.05, 0) is 23.8 Å². The van der Waals surface area contributed by atoms with Crippen molar-refractivity contribution >= 4 is 45.0 Å². The van der Waals surface area contributed by atoms with Gasteiger partial charge in [-0.25, -0.2) is 8.42 Å². The van der Waals surface area contributed by atoms with Gasteiger partial charge in [0.25, 0.3) is 0 Å². The van der Waals surface area contributed by atoms with E-state index in [2.05, 4.69) is 17.4 Å². The average Bonchev–Trinajstić information content (AvgIpc) is 2.65. The van der Waals surface area contributed by atoms with E-state index in [-0.39, 0.29) is 17.5 Å². The number of hydrogen-bond acceptors (Lipinski definition) is 5. The summed E-state index contributed by atoms with van der Waals surface area (Å²) in [6.45, 7) is 0.141. The number of thioether (sulfide) groups is 1. The van der Waals surface area contributed by atoms with Gasteiger partial charge in [0.05, 0.1) is 24.1 Å². The Hall–Kier alpha value is -1.90. The maximum atomic E-state index is 12.2. The minimum Gasteiger partial charge on any atom is -0.495 e. The molecule has 1 amide bonds. The summed E-state index contributed by atoms with van der Waals surface area (Å²) in [5.41, 5.74) is 1.53. The lowest BCUT2D eigenvalue weighted by molar-refractivity contribution is -0.119. The first-order valence-corrected chi connectivity index (χ1v) is 11.9. The van der Waals surface area contributed by atoms with Crippen molar-refractivity contribution in [1.82, 2.24) is 5.32 Å². The van der Waals surface area contributed by atoms with Crippen LogP contribution in [0.3, 0.4) is 0 Å². The normalized spacial score (nSPS) is 11.1. The molecule has 0 atom stereocenters. The molecule has 1 N–H and O–H groups in total. The zero-order valence-electron chi connectivity index (χ0n) is 15.7. The van der Waals surface area contributed by atoms with Gasteiger partial charge in [-0.3, -0.25) is 9.10 Å². The highest BCUT2D eigenvalue weighted by atomic mass is 35.5. The molecule has 0 unspecified atom stereocenters. The summed E-state index contributed by atoms with van der Waals surface area (Å²) in [4.78, 5) is 12.2. The van der Waals surface area contributed by atoms with Gasteiger partial charge in [0.1, 0.15) is 12.3 Å². The van der Waals surface area contributed by atoms with Gasteiger partial charge < -0.3 is 10.1 Å². The van der Waals surface area contributed by atoms with Crippen LogP contribution in [0.4, 0.5) is 5.69 Å². The van der Waals surface area contributed by atoms with E-state index in [9.17, 15) is 13.2 Å². The van der Waals surface area contributed by atoms with Crippen molar-refractivity contribution in [3.63, 3.8) is 0 Å². The largest absolute Gasteiger partial charge is 0.495 e. The van der Waals surface area contributed by atoms with Gasteiger partial charge in [-0.1, -0.05) is 41.9 Å². The highest BCUT2D eigenvalue weighted by Gasteiger charge is 2.21. The second-order valence-electron chi connectivity index (χ2n) is 5.98. The van der Waals surface area contributed by atoms with Crippen LogP contribution in [0.1, 0.15) is 5.56 Å². The first kappa shape index (κ1) is 22.4. The third-order valence-electron chi connectivity index (χ3n) is 3.79. The van der Waals surface area contributed by atoms with Crippen LogP contribution in [-0.2, 0) is 20.6 Å². The van der Waals surface area contributed by atoms with Crippen molar-refractivity contribution in [2.75, 3.05) is 36.5 Å². The van der Waals surface area contributed by atoms with E-state index in [1.54, 1.807) is 23.9 Å². The number of methoxy groups -OCH3 is 1. The lowest BCUT2D eigenvalue weighted by Crippen LogP contribution is -2.41. The van der Waals surface area contributed by atoms with Crippen LogP contribution in [0.15, 0.2) is 48.5 Å². The van der Waals surface area contributed by atoms with Crippen LogP contribution in [0.25, 0.3) is 0 Å². The van der Waals surface area contributed by atoms with Gasteiger partial charge in [-0.2, -0.15) is 11.8 Å². The highest BCUT2D eigenvalue weighted by molar-refractivity contribution is 7.98. The number of carbonyl (C=O) groups excluding carboxylic acids is 1. The van der Waals surface area contributed by atoms with Gasteiger partial charge in [0.15, 0.2) is 0 Å². The van der Waals surface area contributed by atoms with Gasteiger partial charge in [0.2, 0.25) is 15.9 Å². The zero-order valence-corrected chi connectivity index (χ0v) is 18.1. The first-order valence-electron chi connectivity index (χ1n) is 8.51. The number of ether oxygens (including phenoxy) is 1. The second kappa shape index (κ2) is 10.6. The number of hydrogen-bond donors (Lipinski definition) is 1. The van der Waals surface area contributed by atoms with Crippen molar-refractivity contribution in [3.8, 4) is 5.75 Å². The summed E-state index contributed by atoms with van der Waals surface area (Å²) >= 11 is 7.78. The van der Waals surface area contributed by atoms with Gasteiger partial charge in [-0.15, -0.1) is 0 Å². The monoisotopic (exact) mass is 442 g/mol. The van der Waals surface area contributed by atoms with E-state index in [1.807, 2.05) is 18.2 Å². The van der Waals surface area contributed by atoms with Gasteiger partial charge >= 0.3 is 0 Å².